The van der Waals surface area contributed by atoms with Crippen molar-refractivity contribution in [3.05, 3.63) is 33.3 Å². The van der Waals surface area contributed by atoms with Crippen LogP contribution in [0.25, 0.3) is 0 Å². The molecular weight excluding hydrogens is 337 g/mol. The zero-order valence-electron chi connectivity index (χ0n) is 12.1. The van der Waals surface area contributed by atoms with E-state index in [1.807, 2.05) is 0 Å². The highest BCUT2D eigenvalue weighted by molar-refractivity contribution is 6.33. The van der Waals surface area contributed by atoms with Crippen molar-refractivity contribution in [3.8, 4) is 0 Å². The van der Waals surface area contributed by atoms with E-state index in [-0.39, 0.29) is 42.9 Å². The number of aliphatic hydroxyl groups is 1. The van der Waals surface area contributed by atoms with E-state index in [0.717, 1.165) is 6.07 Å². The first-order chi connectivity index (χ1) is 10.6. The Bertz CT molecular complexity index is 597. The molecule has 1 aliphatic carbocycles. The van der Waals surface area contributed by atoms with Gasteiger partial charge in [-0.1, -0.05) is 11.6 Å². The van der Waals surface area contributed by atoms with Crippen LogP contribution in [-0.4, -0.2) is 28.4 Å². The van der Waals surface area contributed by atoms with Gasteiger partial charge >= 0.3 is 6.18 Å². The standard InChI is InChI=1S/C14H16ClF3N2O3/c15-11-6-10(20(22)23)3-4-12(11)19-8-13(21)5-1-2-9(7-13)14(16,17)18/h3-4,6,9,19,21H,1-2,5,7-8H2. The summed E-state index contributed by atoms with van der Waals surface area (Å²) >= 11 is 5.91. The van der Waals surface area contributed by atoms with Crippen molar-refractivity contribution in [2.24, 2.45) is 5.92 Å². The van der Waals surface area contributed by atoms with Gasteiger partial charge in [-0.3, -0.25) is 10.1 Å². The highest BCUT2D eigenvalue weighted by atomic mass is 35.5. The van der Waals surface area contributed by atoms with Crippen molar-refractivity contribution in [2.75, 3.05) is 11.9 Å². The smallest absolute Gasteiger partial charge is 0.388 e. The summed E-state index contributed by atoms with van der Waals surface area (Å²) in [7, 11) is 0. The summed E-state index contributed by atoms with van der Waals surface area (Å²) < 4.78 is 38.4. The molecule has 0 amide bonds. The van der Waals surface area contributed by atoms with E-state index in [0.29, 0.717) is 5.69 Å². The molecule has 23 heavy (non-hydrogen) atoms. The number of rotatable bonds is 4. The number of benzene rings is 1. The lowest BCUT2D eigenvalue weighted by atomic mass is 9.77. The topological polar surface area (TPSA) is 75.4 Å². The highest BCUT2D eigenvalue weighted by Gasteiger charge is 2.46. The molecule has 0 aromatic heterocycles. The first kappa shape index (κ1) is 17.8. The molecule has 2 rings (SSSR count). The lowest BCUT2D eigenvalue weighted by Gasteiger charge is -2.37. The normalized spacial score (nSPS) is 25.2. The van der Waals surface area contributed by atoms with Crippen LogP contribution in [0.15, 0.2) is 18.2 Å². The van der Waals surface area contributed by atoms with E-state index in [4.69, 9.17) is 11.6 Å². The SMILES string of the molecule is O=[N+]([O-])c1ccc(NCC2(O)CCCC(C(F)(F)F)C2)c(Cl)c1. The van der Waals surface area contributed by atoms with Gasteiger partial charge in [-0.25, -0.2) is 0 Å². The number of hydrogen-bond donors (Lipinski definition) is 2. The summed E-state index contributed by atoms with van der Waals surface area (Å²) in [5, 5.41) is 23.9. The van der Waals surface area contributed by atoms with Crippen molar-refractivity contribution in [3.63, 3.8) is 0 Å². The third-order valence-corrected chi connectivity index (χ3v) is 4.37. The van der Waals surface area contributed by atoms with Crippen LogP contribution in [0, 0.1) is 16.0 Å². The van der Waals surface area contributed by atoms with Crippen LogP contribution in [0.5, 0.6) is 0 Å². The predicted octanol–water partition coefficient (Wildman–Crippen LogP) is 4.14. The fraction of sp³-hybridized carbons (Fsp3) is 0.571. The van der Waals surface area contributed by atoms with Gasteiger partial charge in [0.15, 0.2) is 0 Å². The second-order valence-corrected chi connectivity index (χ2v) is 6.24. The number of nitro benzene ring substituents is 1. The van der Waals surface area contributed by atoms with Crippen molar-refractivity contribution in [2.45, 2.75) is 37.5 Å². The molecule has 0 spiro atoms. The van der Waals surface area contributed by atoms with Gasteiger partial charge in [0.2, 0.25) is 0 Å². The molecule has 0 bridgehead atoms. The Balaban J connectivity index is 2.03. The fourth-order valence-electron chi connectivity index (χ4n) is 2.80. The van der Waals surface area contributed by atoms with Crippen molar-refractivity contribution in [1.29, 1.82) is 0 Å². The summed E-state index contributed by atoms with van der Waals surface area (Å²) in [6.07, 6.45) is -4.12. The molecule has 0 heterocycles. The minimum atomic E-state index is -4.32. The maximum atomic E-state index is 12.8. The Hall–Kier alpha value is -1.54. The van der Waals surface area contributed by atoms with Crippen molar-refractivity contribution in [1.82, 2.24) is 0 Å². The van der Waals surface area contributed by atoms with E-state index >= 15 is 0 Å². The Morgan fingerprint density at radius 3 is 2.74 bits per heavy atom. The Morgan fingerprint density at radius 2 is 2.17 bits per heavy atom. The zero-order valence-corrected chi connectivity index (χ0v) is 12.8. The summed E-state index contributed by atoms with van der Waals surface area (Å²) in [4.78, 5) is 10.0. The number of non-ortho nitro benzene ring substituents is 1. The lowest BCUT2D eigenvalue weighted by molar-refractivity contribution is -0.384. The van der Waals surface area contributed by atoms with Crippen molar-refractivity contribution < 1.29 is 23.2 Å². The van der Waals surface area contributed by atoms with Gasteiger partial charge in [0.1, 0.15) is 0 Å². The third-order valence-electron chi connectivity index (χ3n) is 4.06. The highest BCUT2D eigenvalue weighted by Crippen LogP contribution is 2.42. The minimum Gasteiger partial charge on any atom is -0.388 e. The van der Waals surface area contributed by atoms with Crippen LogP contribution in [0.1, 0.15) is 25.7 Å². The lowest BCUT2D eigenvalue weighted by Crippen LogP contribution is -2.45. The first-order valence-corrected chi connectivity index (χ1v) is 7.45. The first-order valence-electron chi connectivity index (χ1n) is 7.08. The molecule has 128 valence electrons. The van der Waals surface area contributed by atoms with E-state index in [1.54, 1.807) is 0 Å². The quantitative estimate of drug-likeness (QED) is 0.630. The maximum Gasteiger partial charge on any atom is 0.391 e. The molecule has 2 N–H and O–H groups in total. The summed E-state index contributed by atoms with van der Waals surface area (Å²) in [5.41, 5.74) is -1.34. The molecule has 1 aromatic rings. The Morgan fingerprint density at radius 1 is 1.48 bits per heavy atom. The maximum absolute atomic E-state index is 12.8. The van der Waals surface area contributed by atoms with Gasteiger partial charge < -0.3 is 10.4 Å². The van der Waals surface area contributed by atoms with Gasteiger partial charge in [-0.15, -0.1) is 0 Å². The number of nitro groups is 1. The average Bonchev–Trinajstić information content (AvgIpc) is 2.45. The second-order valence-electron chi connectivity index (χ2n) is 5.83. The van der Waals surface area contributed by atoms with Gasteiger partial charge in [0.05, 0.1) is 27.2 Å². The van der Waals surface area contributed by atoms with Crippen LogP contribution < -0.4 is 5.32 Å². The van der Waals surface area contributed by atoms with Crippen LogP contribution in [-0.2, 0) is 0 Å². The zero-order chi connectivity index (χ0) is 17.3. The molecule has 2 atom stereocenters. The van der Waals surface area contributed by atoms with E-state index in [9.17, 15) is 28.4 Å². The van der Waals surface area contributed by atoms with Gasteiger partial charge in [-0.2, -0.15) is 13.2 Å². The molecule has 1 fully saturated rings. The van der Waals surface area contributed by atoms with E-state index in [1.165, 1.54) is 12.1 Å². The van der Waals surface area contributed by atoms with Crippen LogP contribution in [0.4, 0.5) is 24.5 Å². The second kappa shape index (κ2) is 6.52. The molecule has 0 saturated heterocycles. The molecule has 9 heteroatoms. The summed E-state index contributed by atoms with van der Waals surface area (Å²) in [6.45, 7) is -0.100. The molecule has 1 aliphatic rings. The minimum absolute atomic E-state index is 0.0180. The number of nitrogens with one attached hydrogen (secondary N) is 1. The van der Waals surface area contributed by atoms with Gasteiger partial charge in [-0.05, 0) is 31.7 Å². The summed E-state index contributed by atoms with van der Waals surface area (Å²) in [6, 6.07) is 3.75. The molecular formula is C14H16ClF3N2O3. The Kier molecular flexibility index (Phi) is 5.05. The average molecular weight is 353 g/mol. The molecule has 0 radical (unpaired) electrons. The molecule has 1 aromatic carbocycles. The number of halogens is 4. The van der Waals surface area contributed by atoms with Crippen LogP contribution >= 0.6 is 11.6 Å². The molecule has 2 unspecified atom stereocenters. The third kappa shape index (κ3) is 4.48. The number of nitrogens with zero attached hydrogens (tertiary/aromatic N) is 1. The summed E-state index contributed by atoms with van der Waals surface area (Å²) in [5.74, 6) is -1.52. The monoisotopic (exact) mass is 352 g/mol. The largest absolute Gasteiger partial charge is 0.391 e. The van der Waals surface area contributed by atoms with Gasteiger partial charge in [0.25, 0.3) is 5.69 Å². The molecule has 0 aliphatic heterocycles. The van der Waals surface area contributed by atoms with Crippen LogP contribution in [0.3, 0.4) is 0 Å². The van der Waals surface area contributed by atoms with Crippen LogP contribution in [0.2, 0.25) is 5.02 Å². The Labute approximate surface area is 135 Å². The van der Waals surface area contributed by atoms with E-state index in [2.05, 4.69) is 5.32 Å². The van der Waals surface area contributed by atoms with Gasteiger partial charge in [0, 0.05) is 18.7 Å². The number of hydrogen-bond acceptors (Lipinski definition) is 4. The number of anilines is 1. The molecule has 5 nitrogen and oxygen atoms in total. The molecule has 1 saturated carbocycles. The van der Waals surface area contributed by atoms with E-state index < -0.39 is 22.6 Å². The van der Waals surface area contributed by atoms with Crippen molar-refractivity contribution >= 4 is 23.0 Å². The number of alkyl halides is 3. The fourth-order valence-corrected chi connectivity index (χ4v) is 3.04. The predicted molar refractivity (Wildman–Crippen MR) is 79.6 cm³/mol.